The van der Waals surface area contributed by atoms with Gasteiger partial charge in [-0.1, -0.05) is 18.9 Å². The van der Waals surface area contributed by atoms with Crippen molar-refractivity contribution in [2.45, 2.75) is 45.1 Å². The summed E-state index contributed by atoms with van der Waals surface area (Å²) in [5.74, 6) is 1.34. The minimum absolute atomic E-state index is 0.0672. The summed E-state index contributed by atoms with van der Waals surface area (Å²) in [6.45, 7) is 1.98. The quantitative estimate of drug-likeness (QED) is 0.308. The molecule has 3 aromatic heterocycles. The van der Waals surface area contributed by atoms with Crippen molar-refractivity contribution in [3.8, 4) is 11.3 Å². The molecule has 0 saturated heterocycles. The lowest BCUT2D eigenvalue weighted by atomic mass is 10.1. The monoisotopic (exact) mass is 404 g/mol. The van der Waals surface area contributed by atoms with Gasteiger partial charge in [0.1, 0.15) is 6.26 Å². The van der Waals surface area contributed by atoms with Crippen LogP contribution in [0.25, 0.3) is 22.2 Å². The van der Waals surface area contributed by atoms with Crippen LogP contribution in [0, 0.1) is 6.92 Å². The Balaban J connectivity index is 1.29. The first-order chi connectivity index (χ1) is 14.6. The van der Waals surface area contributed by atoms with Crippen LogP contribution in [0.5, 0.6) is 0 Å². The molecule has 0 unspecified atom stereocenters. The van der Waals surface area contributed by atoms with E-state index in [1.165, 1.54) is 12.5 Å². The number of hydrogen-bond donors (Lipinski definition) is 1. The van der Waals surface area contributed by atoms with Crippen LogP contribution in [0.1, 0.15) is 60.4 Å². The molecule has 0 bridgehead atoms. The third-order valence-electron chi connectivity index (χ3n) is 5.04. The molecule has 154 valence electrons. The van der Waals surface area contributed by atoms with Crippen molar-refractivity contribution in [3.05, 3.63) is 66.5 Å². The summed E-state index contributed by atoms with van der Waals surface area (Å²) in [5.41, 5.74) is 9.15. The average molecular weight is 404 g/mol. The van der Waals surface area contributed by atoms with Gasteiger partial charge in [-0.15, -0.1) is 0 Å². The molecule has 0 fully saturated rings. The van der Waals surface area contributed by atoms with E-state index in [1.54, 1.807) is 6.20 Å². The molecular weight excluding hydrogens is 380 g/mol. The van der Waals surface area contributed by atoms with E-state index in [1.807, 2.05) is 31.2 Å². The van der Waals surface area contributed by atoms with Gasteiger partial charge in [0.25, 0.3) is 5.89 Å². The van der Waals surface area contributed by atoms with E-state index in [9.17, 15) is 4.79 Å². The number of aromatic nitrogens is 3. The Kier molecular flexibility index (Phi) is 5.99. The number of nitrogens with zero attached hydrogens (tertiary/aromatic N) is 3. The van der Waals surface area contributed by atoms with Crippen LogP contribution >= 0.6 is 0 Å². The minimum atomic E-state index is -0.272. The van der Waals surface area contributed by atoms with Crippen molar-refractivity contribution in [2.24, 2.45) is 5.73 Å². The molecule has 1 atom stereocenters. The number of pyridine rings is 1. The second-order valence-corrected chi connectivity index (χ2v) is 7.39. The van der Waals surface area contributed by atoms with Gasteiger partial charge in [-0.05, 0) is 44.0 Å². The van der Waals surface area contributed by atoms with E-state index in [2.05, 4.69) is 21.0 Å². The number of ketones is 1. The molecule has 7 heteroatoms. The molecule has 4 aromatic rings. The normalized spacial score (nSPS) is 12.3. The number of rotatable bonds is 9. The van der Waals surface area contributed by atoms with Crippen LogP contribution in [0.3, 0.4) is 0 Å². The first-order valence-electron chi connectivity index (χ1n) is 10.1. The van der Waals surface area contributed by atoms with Crippen LogP contribution in [-0.4, -0.2) is 20.7 Å². The molecule has 0 aliphatic rings. The lowest BCUT2D eigenvalue weighted by molar-refractivity contribution is 0.0945. The zero-order valence-corrected chi connectivity index (χ0v) is 16.9. The molecule has 0 spiro atoms. The number of benzene rings is 1. The van der Waals surface area contributed by atoms with Crippen LogP contribution < -0.4 is 5.73 Å². The average Bonchev–Trinajstić information content (AvgIpc) is 3.45. The number of nitrogens with two attached hydrogens (primary N) is 1. The summed E-state index contributed by atoms with van der Waals surface area (Å²) >= 11 is 0. The number of unbranched alkanes of at least 4 members (excludes halogenated alkanes) is 2. The molecule has 7 nitrogen and oxygen atoms in total. The molecule has 0 saturated carbocycles. The molecular formula is C23H24N4O3. The van der Waals surface area contributed by atoms with E-state index < -0.39 is 0 Å². The highest BCUT2D eigenvalue weighted by Gasteiger charge is 2.15. The summed E-state index contributed by atoms with van der Waals surface area (Å²) in [6, 6.07) is 9.78. The third kappa shape index (κ3) is 4.63. The van der Waals surface area contributed by atoms with E-state index >= 15 is 0 Å². The Bertz CT molecular complexity index is 1130. The van der Waals surface area contributed by atoms with Gasteiger partial charge in [0.2, 0.25) is 11.7 Å². The number of carbonyl (C=O) groups excluding carboxylic acids is 1. The van der Waals surface area contributed by atoms with Gasteiger partial charge >= 0.3 is 0 Å². The van der Waals surface area contributed by atoms with Crippen LogP contribution in [0.4, 0.5) is 0 Å². The highest BCUT2D eigenvalue weighted by atomic mass is 16.4. The molecule has 1 aromatic carbocycles. The number of Topliss-reactive ketones (excluding diaryl/α,β-unsaturated/α-hetero) is 1. The molecule has 4 rings (SSSR count). The summed E-state index contributed by atoms with van der Waals surface area (Å²) in [4.78, 5) is 24.6. The zero-order valence-electron chi connectivity index (χ0n) is 16.9. The van der Waals surface area contributed by atoms with Crippen molar-refractivity contribution < 1.29 is 13.6 Å². The molecule has 2 N–H and O–H groups in total. The largest absolute Gasteiger partial charge is 0.442 e. The summed E-state index contributed by atoms with van der Waals surface area (Å²) in [7, 11) is 0. The first-order valence-corrected chi connectivity index (χ1v) is 10.1. The number of oxazole rings is 2. The van der Waals surface area contributed by atoms with Gasteiger partial charge < -0.3 is 14.6 Å². The fourth-order valence-electron chi connectivity index (χ4n) is 3.39. The number of aryl methyl sites for hydroxylation is 1. The predicted molar refractivity (Wildman–Crippen MR) is 113 cm³/mol. The van der Waals surface area contributed by atoms with Crippen LogP contribution in [0.15, 0.2) is 57.8 Å². The fourth-order valence-corrected chi connectivity index (χ4v) is 3.39. The standard InChI is InChI=1S/C23H24N4O3/c1-15-7-8-16-13-17(9-10-19(16)27-15)21-14-26-22(30-21)18(24)5-3-2-4-6-20(28)23-25-11-12-29-23/h7-14,18H,2-6,24H2,1H3/t18-/m0/s1. The van der Waals surface area contributed by atoms with Gasteiger partial charge in [0, 0.05) is 23.1 Å². The number of carbonyl (C=O) groups is 1. The number of hydrogen-bond acceptors (Lipinski definition) is 7. The third-order valence-corrected chi connectivity index (χ3v) is 5.04. The maximum Gasteiger partial charge on any atom is 0.263 e. The van der Waals surface area contributed by atoms with E-state index in [0.717, 1.165) is 47.8 Å². The maximum atomic E-state index is 11.9. The Morgan fingerprint density at radius 3 is 2.87 bits per heavy atom. The van der Waals surface area contributed by atoms with Crippen molar-refractivity contribution >= 4 is 16.7 Å². The predicted octanol–water partition coefficient (Wildman–Crippen LogP) is 5.02. The first kappa shape index (κ1) is 20.0. The second kappa shape index (κ2) is 9.00. The van der Waals surface area contributed by atoms with Gasteiger partial charge in [0.05, 0.1) is 24.0 Å². The molecule has 0 aliphatic carbocycles. The molecule has 30 heavy (non-hydrogen) atoms. The molecule has 0 aliphatic heterocycles. The molecule has 3 heterocycles. The Morgan fingerprint density at radius 1 is 1.13 bits per heavy atom. The van der Waals surface area contributed by atoms with E-state index in [0.29, 0.717) is 18.1 Å². The van der Waals surface area contributed by atoms with Gasteiger partial charge in [-0.2, -0.15) is 0 Å². The minimum Gasteiger partial charge on any atom is -0.442 e. The summed E-state index contributed by atoms with van der Waals surface area (Å²) in [6.07, 6.45) is 8.33. The van der Waals surface area contributed by atoms with Crippen LogP contribution in [-0.2, 0) is 0 Å². The zero-order chi connectivity index (χ0) is 20.9. The highest BCUT2D eigenvalue weighted by Crippen LogP contribution is 2.27. The second-order valence-electron chi connectivity index (χ2n) is 7.39. The van der Waals surface area contributed by atoms with Crippen molar-refractivity contribution in [1.82, 2.24) is 15.0 Å². The van der Waals surface area contributed by atoms with Crippen molar-refractivity contribution in [1.29, 1.82) is 0 Å². The SMILES string of the molecule is Cc1ccc2cc(-c3cnc([C@@H](N)CCCCCC(=O)c4ncco4)o3)ccc2n1. The topological polar surface area (TPSA) is 108 Å². The van der Waals surface area contributed by atoms with Crippen molar-refractivity contribution in [2.75, 3.05) is 0 Å². The van der Waals surface area contributed by atoms with Gasteiger partial charge in [-0.25, -0.2) is 9.97 Å². The van der Waals surface area contributed by atoms with Gasteiger partial charge in [-0.3, -0.25) is 9.78 Å². The Labute approximate surface area is 174 Å². The van der Waals surface area contributed by atoms with Gasteiger partial charge in [0.15, 0.2) is 5.76 Å². The smallest absolute Gasteiger partial charge is 0.263 e. The van der Waals surface area contributed by atoms with Crippen LogP contribution in [0.2, 0.25) is 0 Å². The highest BCUT2D eigenvalue weighted by molar-refractivity contribution is 5.91. The van der Waals surface area contributed by atoms with E-state index in [4.69, 9.17) is 14.6 Å². The lowest BCUT2D eigenvalue weighted by Crippen LogP contribution is -2.10. The lowest BCUT2D eigenvalue weighted by Gasteiger charge is -2.07. The number of fused-ring (bicyclic) bond motifs is 1. The fraction of sp³-hybridized carbons (Fsp3) is 0.304. The molecule has 0 amide bonds. The molecule has 0 radical (unpaired) electrons. The van der Waals surface area contributed by atoms with E-state index in [-0.39, 0.29) is 17.7 Å². The Hall–Kier alpha value is -3.32. The summed E-state index contributed by atoms with van der Waals surface area (Å²) < 4.78 is 10.9. The maximum absolute atomic E-state index is 11.9. The van der Waals surface area contributed by atoms with Crippen molar-refractivity contribution in [3.63, 3.8) is 0 Å². The summed E-state index contributed by atoms with van der Waals surface area (Å²) in [5, 5.41) is 1.06. The Morgan fingerprint density at radius 2 is 2.03 bits per heavy atom.